The number of para-hydroxylation sites is 1. The number of hydrogen-bond donors (Lipinski definition) is 2. The SMILES string of the molecule is COc1ccc([C@H]2CC(=O)NC(NC(=O)c3ccc(Oc4ccccc4)cc3)=N2)cc1. The van der Waals surface area contributed by atoms with Crippen LogP contribution in [0.25, 0.3) is 0 Å². The Bertz CT molecular complexity index is 1090. The molecule has 0 fully saturated rings. The lowest BCUT2D eigenvalue weighted by Crippen LogP contribution is -2.47. The maximum atomic E-state index is 12.6. The van der Waals surface area contributed by atoms with Gasteiger partial charge in [-0.2, -0.15) is 0 Å². The molecule has 3 aromatic carbocycles. The number of aliphatic imine (C=N–C) groups is 1. The molecule has 0 aliphatic carbocycles. The average Bonchev–Trinajstić information content (AvgIpc) is 2.80. The van der Waals surface area contributed by atoms with Crippen LogP contribution in [0.1, 0.15) is 28.4 Å². The summed E-state index contributed by atoms with van der Waals surface area (Å²) in [5.41, 5.74) is 1.29. The highest BCUT2D eigenvalue weighted by Gasteiger charge is 2.23. The van der Waals surface area contributed by atoms with Gasteiger partial charge in [0.25, 0.3) is 5.91 Å². The van der Waals surface area contributed by atoms with Gasteiger partial charge < -0.3 is 9.47 Å². The number of nitrogens with one attached hydrogen (secondary N) is 2. The van der Waals surface area contributed by atoms with Crippen molar-refractivity contribution < 1.29 is 19.1 Å². The highest BCUT2D eigenvalue weighted by molar-refractivity contribution is 6.10. The van der Waals surface area contributed by atoms with Gasteiger partial charge in [0.1, 0.15) is 17.2 Å². The molecule has 3 aromatic rings. The molecule has 0 saturated heterocycles. The van der Waals surface area contributed by atoms with Crippen molar-refractivity contribution in [3.8, 4) is 17.2 Å². The monoisotopic (exact) mass is 415 g/mol. The molecule has 31 heavy (non-hydrogen) atoms. The number of nitrogens with zero attached hydrogens (tertiary/aromatic N) is 1. The zero-order valence-electron chi connectivity index (χ0n) is 16.9. The van der Waals surface area contributed by atoms with Crippen molar-refractivity contribution in [2.45, 2.75) is 12.5 Å². The highest BCUT2D eigenvalue weighted by atomic mass is 16.5. The summed E-state index contributed by atoms with van der Waals surface area (Å²) in [6, 6.07) is 23.1. The minimum absolute atomic E-state index is 0.131. The predicted octanol–water partition coefficient (Wildman–Crippen LogP) is 3.83. The molecule has 2 N–H and O–H groups in total. The number of carbonyl (C=O) groups excluding carboxylic acids is 2. The van der Waals surface area contributed by atoms with Crippen molar-refractivity contribution in [1.82, 2.24) is 10.6 Å². The number of carbonyl (C=O) groups is 2. The van der Waals surface area contributed by atoms with Gasteiger partial charge in [0, 0.05) is 5.56 Å². The van der Waals surface area contributed by atoms with Gasteiger partial charge in [0.15, 0.2) is 0 Å². The molecule has 0 saturated carbocycles. The van der Waals surface area contributed by atoms with Crippen LogP contribution in [0.15, 0.2) is 83.9 Å². The number of amides is 2. The Kier molecular flexibility index (Phi) is 5.93. The van der Waals surface area contributed by atoms with Gasteiger partial charge in [-0.3, -0.25) is 20.2 Å². The van der Waals surface area contributed by atoms with E-state index in [1.165, 1.54) is 0 Å². The van der Waals surface area contributed by atoms with Crippen LogP contribution in [0.4, 0.5) is 0 Å². The standard InChI is InChI=1S/C24H21N3O4/c1-30-18-11-7-16(8-12-18)21-15-22(28)26-24(25-21)27-23(29)17-9-13-20(14-10-17)31-19-5-3-2-4-6-19/h2-14,21H,15H2,1H3,(H2,25,26,27,28,29)/t21-/m1/s1. The molecular formula is C24H21N3O4. The molecule has 7 nitrogen and oxygen atoms in total. The Labute approximate surface area is 179 Å². The van der Waals surface area contributed by atoms with Gasteiger partial charge in [-0.1, -0.05) is 30.3 Å². The van der Waals surface area contributed by atoms with Crippen molar-refractivity contribution in [3.63, 3.8) is 0 Å². The summed E-state index contributed by atoms with van der Waals surface area (Å²) in [6.45, 7) is 0. The lowest BCUT2D eigenvalue weighted by atomic mass is 10.0. The van der Waals surface area contributed by atoms with Gasteiger partial charge >= 0.3 is 0 Å². The second-order valence-corrected chi connectivity index (χ2v) is 6.91. The van der Waals surface area contributed by atoms with Gasteiger partial charge in [-0.05, 0) is 54.1 Å². The van der Waals surface area contributed by atoms with E-state index in [0.717, 1.165) is 11.3 Å². The second-order valence-electron chi connectivity index (χ2n) is 6.91. The smallest absolute Gasteiger partial charge is 0.257 e. The van der Waals surface area contributed by atoms with Crippen LogP contribution >= 0.6 is 0 Å². The Morgan fingerprint density at radius 3 is 2.26 bits per heavy atom. The van der Waals surface area contributed by atoms with E-state index < -0.39 is 0 Å². The summed E-state index contributed by atoms with van der Waals surface area (Å²) in [5.74, 6) is 1.60. The number of rotatable bonds is 5. The molecule has 156 valence electrons. The molecule has 4 rings (SSSR count). The van der Waals surface area contributed by atoms with E-state index in [0.29, 0.717) is 17.1 Å². The van der Waals surface area contributed by atoms with Crippen molar-refractivity contribution >= 4 is 17.8 Å². The Hall–Kier alpha value is -4.13. The topological polar surface area (TPSA) is 89.0 Å². The number of hydrogen-bond acceptors (Lipinski definition) is 5. The number of guanidine groups is 1. The molecule has 0 radical (unpaired) electrons. The molecule has 7 heteroatoms. The van der Waals surface area contributed by atoms with Crippen LogP contribution in [0.5, 0.6) is 17.2 Å². The van der Waals surface area contributed by atoms with Crippen LogP contribution in [0, 0.1) is 0 Å². The number of benzene rings is 3. The molecule has 0 unspecified atom stereocenters. The molecular weight excluding hydrogens is 394 g/mol. The van der Waals surface area contributed by atoms with Crippen LogP contribution < -0.4 is 20.1 Å². The third kappa shape index (κ3) is 5.08. The van der Waals surface area contributed by atoms with E-state index in [1.807, 2.05) is 54.6 Å². The summed E-state index contributed by atoms with van der Waals surface area (Å²) in [4.78, 5) is 29.2. The quantitative estimate of drug-likeness (QED) is 0.663. The van der Waals surface area contributed by atoms with E-state index in [4.69, 9.17) is 9.47 Å². The lowest BCUT2D eigenvalue weighted by Gasteiger charge is -2.21. The zero-order chi connectivity index (χ0) is 21.6. The molecule has 1 atom stereocenters. The van der Waals surface area contributed by atoms with Crippen LogP contribution in [0.3, 0.4) is 0 Å². The first-order chi connectivity index (χ1) is 15.1. The third-order valence-corrected chi connectivity index (χ3v) is 4.75. The normalized spacial score (nSPS) is 15.5. The Morgan fingerprint density at radius 2 is 1.58 bits per heavy atom. The summed E-state index contributed by atoms with van der Waals surface area (Å²) >= 11 is 0. The molecule has 1 aliphatic rings. The molecule has 1 heterocycles. The summed E-state index contributed by atoms with van der Waals surface area (Å²) in [5, 5.41) is 5.28. The lowest BCUT2D eigenvalue weighted by molar-refractivity contribution is -0.120. The zero-order valence-corrected chi connectivity index (χ0v) is 16.9. The molecule has 0 aromatic heterocycles. The van der Waals surface area contributed by atoms with E-state index in [9.17, 15) is 9.59 Å². The summed E-state index contributed by atoms with van der Waals surface area (Å²) < 4.78 is 10.9. The fraction of sp³-hybridized carbons (Fsp3) is 0.125. The van der Waals surface area contributed by atoms with Gasteiger partial charge in [0.2, 0.25) is 11.9 Å². The minimum Gasteiger partial charge on any atom is -0.497 e. The van der Waals surface area contributed by atoms with E-state index in [1.54, 1.807) is 31.4 Å². The van der Waals surface area contributed by atoms with Crippen LogP contribution in [-0.4, -0.2) is 24.9 Å². The fourth-order valence-electron chi connectivity index (χ4n) is 3.15. The van der Waals surface area contributed by atoms with Crippen molar-refractivity contribution in [1.29, 1.82) is 0 Å². The predicted molar refractivity (Wildman–Crippen MR) is 116 cm³/mol. The third-order valence-electron chi connectivity index (χ3n) is 4.75. The first-order valence-corrected chi connectivity index (χ1v) is 9.76. The Balaban J connectivity index is 1.44. The van der Waals surface area contributed by atoms with Crippen molar-refractivity contribution in [2.75, 3.05) is 7.11 Å². The fourth-order valence-corrected chi connectivity index (χ4v) is 3.15. The maximum Gasteiger partial charge on any atom is 0.257 e. The van der Waals surface area contributed by atoms with Gasteiger partial charge in [-0.25, -0.2) is 4.99 Å². The Morgan fingerprint density at radius 1 is 0.935 bits per heavy atom. The van der Waals surface area contributed by atoms with Gasteiger partial charge in [0.05, 0.1) is 19.6 Å². The molecule has 0 bridgehead atoms. The van der Waals surface area contributed by atoms with Crippen molar-refractivity contribution in [2.24, 2.45) is 4.99 Å². The molecule has 2 amide bonds. The average molecular weight is 415 g/mol. The number of methoxy groups -OCH3 is 1. The van der Waals surface area contributed by atoms with Crippen molar-refractivity contribution in [3.05, 3.63) is 90.0 Å². The van der Waals surface area contributed by atoms with Gasteiger partial charge in [-0.15, -0.1) is 0 Å². The van der Waals surface area contributed by atoms with E-state index in [-0.39, 0.29) is 30.2 Å². The minimum atomic E-state index is -0.378. The molecule has 0 spiro atoms. The maximum absolute atomic E-state index is 12.6. The van der Waals surface area contributed by atoms with Crippen LogP contribution in [-0.2, 0) is 4.79 Å². The van der Waals surface area contributed by atoms with E-state index >= 15 is 0 Å². The second kappa shape index (κ2) is 9.13. The van der Waals surface area contributed by atoms with Crippen LogP contribution in [0.2, 0.25) is 0 Å². The largest absolute Gasteiger partial charge is 0.497 e. The molecule has 1 aliphatic heterocycles. The highest BCUT2D eigenvalue weighted by Crippen LogP contribution is 2.25. The first kappa shape index (κ1) is 20.2. The first-order valence-electron chi connectivity index (χ1n) is 9.76. The summed E-state index contributed by atoms with van der Waals surface area (Å²) in [6.07, 6.45) is 0.206. The number of ether oxygens (including phenoxy) is 2. The summed E-state index contributed by atoms with van der Waals surface area (Å²) in [7, 11) is 1.59. The van der Waals surface area contributed by atoms with E-state index in [2.05, 4.69) is 15.6 Å².